The molecule has 2 heterocycles. The molecule has 8 nitrogen and oxygen atoms in total. The molecule has 142 valence electrons. The standard InChI is InChI=1S/C18H28N6O2/c1-11(2)23-10-19-20-16(23)9-22(7)17(26)8-12(3)24-14(5)18(15(6)25)13(4)21-24/h10-12H,8-9H2,1-7H3/t12-/m1/s1. The average Bonchev–Trinajstić information content (AvgIpc) is 3.11. The number of aryl methyl sites for hydroxylation is 1. The number of Topliss-reactive ketones (excluding diaryl/α,β-unsaturated/α-hetero) is 1. The summed E-state index contributed by atoms with van der Waals surface area (Å²) in [4.78, 5) is 26.1. The SMILES string of the molecule is CC(=O)c1c(C)nn([C@H](C)CC(=O)N(C)Cc2nncn2C(C)C)c1C. The van der Waals surface area contributed by atoms with Crippen LogP contribution in [-0.2, 0) is 11.3 Å². The van der Waals surface area contributed by atoms with Gasteiger partial charge in [0.2, 0.25) is 5.91 Å². The summed E-state index contributed by atoms with van der Waals surface area (Å²) in [6.45, 7) is 11.7. The molecule has 0 fully saturated rings. The average molecular weight is 360 g/mol. The van der Waals surface area contributed by atoms with E-state index >= 15 is 0 Å². The van der Waals surface area contributed by atoms with Crippen molar-refractivity contribution in [2.24, 2.45) is 0 Å². The van der Waals surface area contributed by atoms with Crippen molar-refractivity contribution in [2.45, 2.75) is 66.6 Å². The fourth-order valence-corrected chi connectivity index (χ4v) is 3.21. The number of hydrogen-bond acceptors (Lipinski definition) is 5. The van der Waals surface area contributed by atoms with Gasteiger partial charge in [0.15, 0.2) is 11.6 Å². The Hall–Kier alpha value is -2.51. The van der Waals surface area contributed by atoms with E-state index < -0.39 is 0 Å². The smallest absolute Gasteiger partial charge is 0.224 e. The van der Waals surface area contributed by atoms with Crippen LogP contribution in [0.25, 0.3) is 0 Å². The zero-order valence-electron chi connectivity index (χ0n) is 16.6. The monoisotopic (exact) mass is 360 g/mol. The van der Waals surface area contributed by atoms with E-state index in [9.17, 15) is 9.59 Å². The summed E-state index contributed by atoms with van der Waals surface area (Å²) < 4.78 is 3.72. The maximum atomic E-state index is 12.6. The zero-order valence-corrected chi connectivity index (χ0v) is 16.6. The number of nitrogens with zero attached hydrogens (tertiary/aromatic N) is 6. The summed E-state index contributed by atoms with van der Waals surface area (Å²) in [6.07, 6.45) is 1.98. The normalized spacial score (nSPS) is 12.5. The van der Waals surface area contributed by atoms with Crippen molar-refractivity contribution >= 4 is 11.7 Å². The molecule has 0 bridgehead atoms. The molecule has 2 aromatic heterocycles. The topological polar surface area (TPSA) is 85.9 Å². The van der Waals surface area contributed by atoms with Crippen LogP contribution in [0.5, 0.6) is 0 Å². The number of carbonyl (C=O) groups is 2. The van der Waals surface area contributed by atoms with Crippen LogP contribution in [0.1, 0.15) is 73.8 Å². The molecule has 0 N–H and O–H groups in total. The number of ketones is 1. The number of rotatable bonds is 7. The fourth-order valence-electron chi connectivity index (χ4n) is 3.21. The van der Waals surface area contributed by atoms with Gasteiger partial charge in [-0.05, 0) is 41.5 Å². The van der Waals surface area contributed by atoms with Crippen molar-refractivity contribution in [3.8, 4) is 0 Å². The molecule has 8 heteroatoms. The second-order valence-corrected chi connectivity index (χ2v) is 7.10. The van der Waals surface area contributed by atoms with Gasteiger partial charge in [-0.25, -0.2) is 0 Å². The first kappa shape index (κ1) is 19.8. The zero-order chi connectivity index (χ0) is 19.6. The third kappa shape index (κ3) is 4.00. The molecule has 0 aliphatic heterocycles. The highest BCUT2D eigenvalue weighted by molar-refractivity contribution is 5.96. The molecule has 1 atom stereocenters. The predicted molar refractivity (Wildman–Crippen MR) is 97.9 cm³/mol. The summed E-state index contributed by atoms with van der Waals surface area (Å²) in [5, 5.41) is 12.5. The number of hydrogen-bond donors (Lipinski definition) is 0. The highest BCUT2D eigenvalue weighted by Gasteiger charge is 2.22. The lowest BCUT2D eigenvalue weighted by atomic mass is 10.1. The molecule has 1 amide bonds. The Labute approximate surface area is 154 Å². The van der Waals surface area contributed by atoms with E-state index in [4.69, 9.17) is 0 Å². The first-order valence-corrected chi connectivity index (χ1v) is 8.82. The van der Waals surface area contributed by atoms with Crippen molar-refractivity contribution in [2.75, 3.05) is 7.05 Å². The van der Waals surface area contributed by atoms with Crippen molar-refractivity contribution in [3.05, 3.63) is 29.1 Å². The van der Waals surface area contributed by atoms with Crippen LogP contribution in [0.2, 0.25) is 0 Å². The van der Waals surface area contributed by atoms with Gasteiger partial charge in [0, 0.05) is 25.2 Å². The Morgan fingerprint density at radius 1 is 1.23 bits per heavy atom. The van der Waals surface area contributed by atoms with E-state index in [0.717, 1.165) is 11.5 Å². The van der Waals surface area contributed by atoms with E-state index in [-0.39, 0.29) is 23.8 Å². The van der Waals surface area contributed by atoms with Gasteiger partial charge in [-0.15, -0.1) is 10.2 Å². The summed E-state index contributed by atoms with van der Waals surface area (Å²) in [5.74, 6) is 0.746. The van der Waals surface area contributed by atoms with Crippen molar-refractivity contribution in [1.82, 2.24) is 29.4 Å². The molecule has 0 spiro atoms. The molecule has 0 unspecified atom stereocenters. The lowest BCUT2D eigenvalue weighted by Crippen LogP contribution is -2.30. The van der Waals surface area contributed by atoms with E-state index in [0.29, 0.717) is 24.2 Å². The van der Waals surface area contributed by atoms with Gasteiger partial charge < -0.3 is 9.47 Å². The Morgan fingerprint density at radius 2 is 1.88 bits per heavy atom. The number of aromatic nitrogens is 5. The van der Waals surface area contributed by atoms with E-state index in [2.05, 4.69) is 15.3 Å². The molecule has 0 saturated heterocycles. The van der Waals surface area contributed by atoms with Gasteiger partial charge in [-0.1, -0.05) is 0 Å². The lowest BCUT2D eigenvalue weighted by Gasteiger charge is -2.21. The summed E-state index contributed by atoms with van der Waals surface area (Å²) in [7, 11) is 1.76. The van der Waals surface area contributed by atoms with Crippen molar-refractivity contribution in [3.63, 3.8) is 0 Å². The quantitative estimate of drug-likeness (QED) is 0.708. The molecule has 0 saturated carbocycles. The molecule has 2 aromatic rings. The Bertz CT molecular complexity index is 805. The first-order chi connectivity index (χ1) is 12.1. The molecule has 0 aliphatic carbocycles. The third-order valence-electron chi connectivity index (χ3n) is 4.57. The molecule has 2 rings (SSSR count). The van der Waals surface area contributed by atoms with E-state index in [1.165, 1.54) is 6.92 Å². The second-order valence-electron chi connectivity index (χ2n) is 7.10. The van der Waals surface area contributed by atoms with Crippen LogP contribution in [-0.4, -0.2) is 48.2 Å². The molecular formula is C18H28N6O2. The van der Waals surface area contributed by atoms with Gasteiger partial charge in [0.1, 0.15) is 6.33 Å². The van der Waals surface area contributed by atoms with E-state index in [1.807, 2.05) is 39.2 Å². The Kier molecular flexibility index (Phi) is 5.94. The molecule has 0 radical (unpaired) electrons. The van der Waals surface area contributed by atoms with Crippen molar-refractivity contribution < 1.29 is 9.59 Å². The number of carbonyl (C=O) groups excluding carboxylic acids is 2. The highest BCUT2D eigenvalue weighted by Crippen LogP contribution is 2.21. The van der Waals surface area contributed by atoms with Crippen LogP contribution in [0.3, 0.4) is 0 Å². The molecule has 26 heavy (non-hydrogen) atoms. The van der Waals surface area contributed by atoms with Crippen LogP contribution in [0, 0.1) is 13.8 Å². The minimum atomic E-state index is -0.139. The molecule has 0 aromatic carbocycles. The van der Waals surface area contributed by atoms with Crippen LogP contribution < -0.4 is 0 Å². The first-order valence-electron chi connectivity index (χ1n) is 8.82. The maximum absolute atomic E-state index is 12.6. The largest absolute Gasteiger partial charge is 0.338 e. The van der Waals surface area contributed by atoms with Gasteiger partial charge in [0.05, 0.1) is 23.8 Å². The Balaban J connectivity index is 2.08. The number of amides is 1. The van der Waals surface area contributed by atoms with Gasteiger partial charge >= 0.3 is 0 Å². The highest BCUT2D eigenvalue weighted by atomic mass is 16.2. The summed E-state index contributed by atoms with van der Waals surface area (Å²) in [5.41, 5.74) is 2.15. The summed E-state index contributed by atoms with van der Waals surface area (Å²) >= 11 is 0. The second kappa shape index (κ2) is 7.80. The van der Waals surface area contributed by atoms with Gasteiger partial charge in [0.25, 0.3) is 0 Å². The van der Waals surface area contributed by atoms with Crippen LogP contribution >= 0.6 is 0 Å². The lowest BCUT2D eigenvalue weighted by molar-refractivity contribution is -0.131. The third-order valence-corrected chi connectivity index (χ3v) is 4.57. The summed E-state index contributed by atoms with van der Waals surface area (Å²) in [6, 6.07) is 0.0989. The minimum Gasteiger partial charge on any atom is -0.338 e. The Morgan fingerprint density at radius 3 is 2.42 bits per heavy atom. The molecule has 0 aliphatic rings. The van der Waals surface area contributed by atoms with E-state index in [1.54, 1.807) is 23.0 Å². The maximum Gasteiger partial charge on any atom is 0.224 e. The van der Waals surface area contributed by atoms with Gasteiger partial charge in [-0.2, -0.15) is 5.10 Å². The predicted octanol–water partition coefficient (Wildman–Crippen LogP) is 2.48. The van der Waals surface area contributed by atoms with Crippen LogP contribution in [0.15, 0.2) is 6.33 Å². The van der Waals surface area contributed by atoms with Crippen molar-refractivity contribution in [1.29, 1.82) is 0 Å². The fraction of sp³-hybridized carbons (Fsp3) is 0.611. The minimum absolute atomic E-state index is 0.00471. The molecular weight excluding hydrogens is 332 g/mol. The van der Waals surface area contributed by atoms with Crippen LogP contribution in [0.4, 0.5) is 0 Å². The van der Waals surface area contributed by atoms with Gasteiger partial charge in [-0.3, -0.25) is 14.3 Å².